The fourth-order valence-corrected chi connectivity index (χ4v) is 9.57. The van der Waals surface area contributed by atoms with Gasteiger partial charge in [0.1, 0.15) is 23.6 Å². The molecule has 3 aromatic rings. The van der Waals surface area contributed by atoms with Gasteiger partial charge in [0, 0.05) is 28.2 Å². The monoisotopic (exact) mass is 800 g/mol. The number of methoxy groups -OCH3 is 1. The van der Waals surface area contributed by atoms with Crippen LogP contribution in [0.3, 0.4) is 0 Å². The Hall–Kier alpha value is -4.36. The molecule has 1 aromatic heterocycles. The average molecular weight is 801 g/mol. The lowest BCUT2D eigenvalue weighted by atomic mass is 9.59. The van der Waals surface area contributed by atoms with E-state index in [4.69, 9.17) is 30.9 Å². The topological polar surface area (TPSA) is 135 Å². The van der Waals surface area contributed by atoms with E-state index in [1.807, 2.05) is 18.2 Å². The molecule has 1 unspecified atom stereocenters. The highest BCUT2D eigenvalue weighted by Gasteiger charge is 2.60. The van der Waals surface area contributed by atoms with Crippen molar-refractivity contribution in [3.05, 3.63) is 82.1 Å². The standard InChI is InChI=1S/C42H48ClF3N2O8/c1-25(23-56-35-12-17-47-34-9-4-6-26(2)37(34)35)18-28-19-27-10-11-32(55-24-31(49)21-36(50)51)22-33(27)40(28)13-15-41(16-14-40,39(53)54-3)48(38(52)42(44,45)46)30-8-5-7-29(43)20-30/h5,7-8,10-12,17,20,22,25-26,28,31,49H,4,6,9,13-16,18-19,21,23-24H2,1-3H3,(H,50,51)/t25-,26-,28+,31?,40?,41?/m1/s1. The van der Waals surface area contributed by atoms with Crippen LogP contribution >= 0.6 is 11.6 Å². The summed E-state index contributed by atoms with van der Waals surface area (Å²) in [5.74, 6) is -2.72. The Balaban J connectivity index is 1.33. The highest BCUT2D eigenvalue weighted by atomic mass is 35.5. The van der Waals surface area contributed by atoms with E-state index in [2.05, 4.69) is 18.8 Å². The minimum Gasteiger partial charge on any atom is -0.493 e. The summed E-state index contributed by atoms with van der Waals surface area (Å²) in [6.45, 7) is 4.47. The van der Waals surface area contributed by atoms with Crippen molar-refractivity contribution in [3.8, 4) is 11.5 Å². The van der Waals surface area contributed by atoms with Crippen LogP contribution in [0.4, 0.5) is 18.9 Å². The summed E-state index contributed by atoms with van der Waals surface area (Å²) in [6.07, 6.45) is -0.675. The van der Waals surface area contributed by atoms with Gasteiger partial charge in [-0.3, -0.25) is 19.5 Å². The smallest absolute Gasteiger partial charge is 0.471 e. The number of carbonyl (C=O) groups excluding carboxylic acids is 2. The number of benzene rings is 2. The van der Waals surface area contributed by atoms with E-state index < -0.39 is 47.5 Å². The molecule has 3 aliphatic rings. The van der Waals surface area contributed by atoms with E-state index in [-0.39, 0.29) is 54.8 Å². The molecule has 0 radical (unpaired) electrons. The molecule has 1 saturated carbocycles. The number of hydrogen-bond donors (Lipinski definition) is 2. The van der Waals surface area contributed by atoms with Gasteiger partial charge in [0.25, 0.3) is 0 Å². The molecule has 3 aliphatic carbocycles. The number of carboxylic acids is 1. The molecule has 56 heavy (non-hydrogen) atoms. The number of aromatic nitrogens is 1. The van der Waals surface area contributed by atoms with Gasteiger partial charge in [-0.1, -0.05) is 37.6 Å². The van der Waals surface area contributed by atoms with Crippen molar-refractivity contribution in [1.29, 1.82) is 0 Å². The summed E-state index contributed by atoms with van der Waals surface area (Å²) in [5, 5.41) is 19.4. The number of aliphatic hydroxyl groups is 1. The Kier molecular flexibility index (Phi) is 12.3. The number of carboxylic acid groups (broad SMARTS) is 1. The number of pyridine rings is 1. The van der Waals surface area contributed by atoms with Crippen molar-refractivity contribution in [2.45, 2.75) is 107 Å². The minimum absolute atomic E-state index is 0.0252. The van der Waals surface area contributed by atoms with Crippen molar-refractivity contribution in [3.63, 3.8) is 0 Å². The highest BCUT2D eigenvalue weighted by Crippen LogP contribution is 2.58. The second-order valence-electron chi connectivity index (χ2n) is 15.7. The van der Waals surface area contributed by atoms with Crippen molar-refractivity contribution in [2.75, 3.05) is 25.2 Å². The van der Waals surface area contributed by atoms with Gasteiger partial charge in [-0.25, -0.2) is 4.79 Å². The van der Waals surface area contributed by atoms with Gasteiger partial charge in [0.2, 0.25) is 0 Å². The number of ether oxygens (including phenoxy) is 3. The molecule has 1 spiro atoms. The van der Waals surface area contributed by atoms with E-state index in [0.29, 0.717) is 36.0 Å². The Labute approximate surface area is 329 Å². The van der Waals surface area contributed by atoms with Crippen LogP contribution in [0.1, 0.15) is 93.5 Å². The first-order valence-electron chi connectivity index (χ1n) is 19.1. The highest BCUT2D eigenvalue weighted by molar-refractivity contribution is 6.31. The molecule has 0 aliphatic heterocycles. The molecule has 4 atom stereocenters. The van der Waals surface area contributed by atoms with Gasteiger partial charge in [-0.05, 0) is 128 Å². The van der Waals surface area contributed by atoms with Gasteiger partial charge in [0.05, 0.1) is 26.2 Å². The number of aliphatic hydroxyl groups excluding tert-OH is 1. The number of anilines is 1. The summed E-state index contributed by atoms with van der Waals surface area (Å²) in [6, 6.07) is 12.9. The molecule has 1 fully saturated rings. The third-order valence-electron chi connectivity index (χ3n) is 12.0. The number of carbonyl (C=O) groups is 3. The number of esters is 1. The molecule has 0 saturated heterocycles. The summed E-state index contributed by atoms with van der Waals surface area (Å²) < 4.78 is 60.6. The molecular weight excluding hydrogens is 753 g/mol. The Morgan fingerprint density at radius 1 is 1.05 bits per heavy atom. The van der Waals surface area contributed by atoms with Crippen LogP contribution in [0, 0.1) is 11.8 Å². The maximum Gasteiger partial charge on any atom is 0.471 e. The summed E-state index contributed by atoms with van der Waals surface area (Å²) >= 11 is 6.21. The van der Waals surface area contributed by atoms with Crippen LogP contribution in [0.2, 0.25) is 5.02 Å². The first kappa shape index (κ1) is 41.3. The van der Waals surface area contributed by atoms with Crippen molar-refractivity contribution in [2.24, 2.45) is 11.8 Å². The maximum atomic E-state index is 14.4. The van der Waals surface area contributed by atoms with E-state index in [1.54, 1.807) is 12.3 Å². The Morgan fingerprint density at radius 2 is 1.80 bits per heavy atom. The Bertz CT molecular complexity index is 1930. The molecule has 0 bridgehead atoms. The van der Waals surface area contributed by atoms with Crippen LogP contribution in [-0.2, 0) is 37.4 Å². The van der Waals surface area contributed by atoms with E-state index in [9.17, 15) is 32.7 Å². The Morgan fingerprint density at radius 3 is 2.48 bits per heavy atom. The van der Waals surface area contributed by atoms with Crippen molar-refractivity contribution < 1.29 is 52.0 Å². The average Bonchev–Trinajstić information content (AvgIpc) is 3.44. The summed E-state index contributed by atoms with van der Waals surface area (Å²) in [7, 11) is 1.10. The van der Waals surface area contributed by atoms with Gasteiger partial charge < -0.3 is 24.4 Å². The summed E-state index contributed by atoms with van der Waals surface area (Å²) in [4.78, 5) is 43.4. The molecular formula is C42H48ClF3N2O8. The number of fused-ring (bicyclic) bond motifs is 3. The fraction of sp³-hybridized carbons (Fsp3) is 0.524. The first-order valence-corrected chi connectivity index (χ1v) is 19.5. The molecule has 10 nitrogen and oxygen atoms in total. The lowest BCUT2D eigenvalue weighted by Crippen LogP contribution is -2.63. The number of hydrogen-bond acceptors (Lipinski definition) is 8. The van der Waals surface area contributed by atoms with Crippen LogP contribution in [0.5, 0.6) is 11.5 Å². The van der Waals surface area contributed by atoms with Crippen LogP contribution in [0.25, 0.3) is 0 Å². The second-order valence-corrected chi connectivity index (χ2v) is 16.1. The third-order valence-corrected chi connectivity index (χ3v) is 12.2. The van der Waals surface area contributed by atoms with Gasteiger partial charge in [-0.15, -0.1) is 0 Å². The van der Waals surface area contributed by atoms with Crippen molar-refractivity contribution >= 4 is 35.1 Å². The molecule has 2 N–H and O–H groups in total. The second kappa shape index (κ2) is 16.6. The van der Waals surface area contributed by atoms with Crippen molar-refractivity contribution in [1.82, 2.24) is 4.98 Å². The van der Waals surface area contributed by atoms with Crippen LogP contribution in [-0.4, -0.2) is 71.2 Å². The first-order chi connectivity index (χ1) is 26.6. The number of rotatable bonds is 13. The zero-order valence-corrected chi connectivity index (χ0v) is 32.5. The molecule has 302 valence electrons. The number of aryl methyl sites for hydroxylation is 1. The largest absolute Gasteiger partial charge is 0.493 e. The van der Waals surface area contributed by atoms with Gasteiger partial charge in [-0.2, -0.15) is 13.2 Å². The zero-order valence-electron chi connectivity index (χ0n) is 31.7. The number of amides is 1. The summed E-state index contributed by atoms with van der Waals surface area (Å²) in [5.41, 5.74) is 1.34. The minimum atomic E-state index is -5.31. The lowest BCUT2D eigenvalue weighted by Gasteiger charge is -2.51. The number of halogens is 4. The molecule has 1 amide bonds. The quantitative estimate of drug-likeness (QED) is 0.165. The number of aliphatic carboxylic acids is 1. The van der Waals surface area contributed by atoms with E-state index in [0.717, 1.165) is 54.5 Å². The predicted molar refractivity (Wildman–Crippen MR) is 202 cm³/mol. The lowest BCUT2D eigenvalue weighted by molar-refractivity contribution is -0.174. The SMILES string of the molecule is COC(=O)C1(N(C(=O)C(F)(F)F)c2cccc(Cl)c2)CCC2(CC1)c1cc(OCC(O)CC(=O)O)ccc1C[C@@H]2C[C@@H](C)COc1ccnc2c1[C@H](C)CCC2. The third kappa shape index (κ3) is 8.34. The number of alkyl halides is 3. The molecule has 6 rings (SSSR count). The van der Waals surface area contributed by atoms with E-state index >= 15 is 0 Å². The van der Waals surface area contributed by atoms with Crippen LogP contribution < -0.4 is 14.4 Å². The van der Waals surface area contributed by atoms with Gasteiger partial charge >= 0.3 is 24.0 Å². The van der Waals surface area contributed by atoms with Gasteiger partial charge in [0.15, 0.2) is 0 Å². The molecule has 2 aromatic carbocycles. The zero-order chi connectivity index (χ0) is 40.4. The number of nitrogens with zero attached hydrogens (tertiary/aromatic N) is 2. The van der Waals surface area contributed by atoms with E-state index in [1.165, 1.54) is 24.3 Å². The maximum absolute atomic E-state index is 14.4. The van der Waals surface area contributed by atoms with Crippen LogP contribution in [0.15, 0.2) is 54.7 Å². The fourth-order valence-electron chi connectivity index (χ4n) is 9.38. The molecule has 1 heterocycles. The predicted octanol–water partition coefficient (Wildman–Crippen LogP) is 7.99. The normalized spacial score (nSPS) is 24.1. The molecule has 14 heteroatoms.